The number of urea groups is 1. The minimum Gasteiger partial charge on any atom is -0.387 e. The van der Waals surface area contributed by atoms with E-state index in [1.165, 1.54) is 23.5 Å². The van der Waals surface area contributed by atoms with Crippen LogP contribution < -0.4 is 10.6 Å². The molecule has 4 nitrogen and oxygen atoms in total. The molecule has 0 saturated heterocycles. The quantitative estimate of drug-likeness (QED) is 0.772. The van der Waals surface area contributed by atoms with E-state index in [4.69, 9.17) is 0 Å². The Morgan fingerprint density at radius 1 is 1.46 bits per heavy atom. The average molecular weight is 348 g/mol. The molecule has 1 aliphatic carbocycles. The fourth-order valence-electron chi connectivity index (χ4n) is 3.15. The number of aliphatic hydroxyl groups excluding tert-OH is 1. The molecule has 0 radical (unpaired) electrons. The topological polar surface area (TPSA) is 61.4 Å². The molecule has 1 aromatic heterocycles. The van der Waals surface area contributed by atoms with Gasteiger partial charge in [-0.2, -0.15) is 0 Å². The van der Waals surface area contributed by atoms with Gasteiger partial charge < -0.3 is 15.7 Å². The number of thiophene rings is 1. The van der Waals surface area contributed by atoms with E-state index in [1.54, 1.807) is 6.07 Å². The van der Waals surface area contributed by atoms with Crippen LogP contribution in [0.5, 0.6) is 0 Å². The zero-order chi connectivity index (χ0) is 17.1. The molecule has 3 rings (SSSR count). The highest BCUT2D eigenvalue weighted by Gasteiger charge is 2.25. The summed E-state index contributed by atoms with van der Waals surface area (Å²) >= 11 is 1.50. The van der Waals surface area contributed by atoms with Crippen molar-refractivity contribution in [1.82, 2.24) is 10.6 Å². The number of benzene rings is 1. The standard InChI is InChI=1S/C18H21FN2O2S/c1-11(9-16(22)17-3-2-8-24-17)20-18(23)21-15-7-4-12-10-13(19)5-6-14(12)15/h2-3,5-6,8,10-11,15-16,22H,4,7,9H2,1H3,(H2,20,21,23). The number of nitrogens with one attached hydrogen (secondary N) is 2. The third-order valence-electron chi connectivity index (χ3n) is 4.31. The van der Waals surface area contributed by atoms with E-state index in [9.17, 15) is 14.3 Å². The summed E-state index contributed by atoms with van der Waals surface area (Å²) in [5.74, 6) is -0.241. The lowest BCUT2D eigenvalue weighted by Crippen LogP contribution is -2.42. The second kappa shape index (κ2) is 7.32. The summed E-state index contributed by atoms with van der Waals surface area (Å²) in [6.07, 6.45) is 1.43. The van der Waals surface area contributed by atoms with Crippen LogP contribution in [0, 0.1) is 5.82 Å². The number of hydrogen-bond acceptors (Lipinski definition) is 3. The third-order valence-corrected chi connectivity index (χ3v) is 5.29. The van der Waals surface area contributed by atoms with Gasteiger partial charge in [-0.25, -0.2) is 9.18 Å². The molecule has 1 aliphatic rings. The Bertz CT molecular complexity index is 705. The number of carbonyl (C=O) groups excluding carboxylic acids is 1. The van der Waals surface area contributed by atoms with Gasteiger partial charge in [-0.05, 0) is 60.9 Å². The monoisotopic (exact) mass is 348 g/mol. The molecule has 3 N–H and O–H groups in total. The highest BCUT2D eigenvalue weighted by atomic mass is 32.1. The van der Waals surface area contributed by atoms with Gasteiger partial charge in [0.25, 0.3) is 0 Å². The van der Waals surface area contributed by atoms with E-state index < -0.39 is 6.10 Å². The predicted octanol–water partition coefficient (Wildman–Crippen LogP) is 3.69. The van der Waals surface area contributed by atoms with Gasteiger partial charge in [0.15, 0.2) is 0 Å². The summed E-state index contributed by atoms with van der Waals surface area (Å²) in [6.45, 7) is 1.87. The SMILES string of the molecule is CC(CC(O)c1cccs1)NC(=O)NC1CCc2cc(F)ccc21. The molecule has 2 amide bonds. The van der Waals surface area contributed by atoms with Crippen LogP contribution in [0.4, 0.5) is 9.18 Å². The molecule has 0 aliphatic heterocycles. The van der Waals surface area contributed by atoms with Crippen LogP contribution in [0.3, 0.4) is 0 Å². The lowest BCUT2D eigenvalue weighted by molar-refractivity contribution is 0.157. The van der Waals surface area contributed by atoms with E-state index in [0.29, 0.717) is 6.42 Å². The van der Waals surface area contributed by atoms with Gasteiger partial charge in [-0.15, -0.1) is 11.3 Å². The lowest BCUT2D eigenvalue weighted by atomic mass is 10.1. The average Bonchev–Trinajstić information content (AvgIpc) is 3.17. The number of carbonyl (C=O) groups is 1. The number of amides is 2. The Hall–Kier alpha value is -1.92. The first kappa shape index (κ1) is 16.9. The van der Waals surface area contributed by atoms with Gasteiger partial charge in [0.1, 0.15) is 5.82 Å². The molecule has 1 heterocycles. The third kappa shape index (κ3) is 3.94. The molecule has 0 spiro atoms. The first-order valence-corrected chi connectivity index (χ1v) is 8.97. The van der Waals surface area contributed by atoms with Crippen molar-refractivity contribution in [2.24, 2.45) is 0 Å². The minimum absolute atomic E-state index is 0.0879. The number of aryl methyl sites for hydroxylation is 1. The first-order chi connectivity index (χ1) is 11.5. The van der Waals surface area contributed by atoms with Crippen LogP contribution in [-0.4, -0.2) is 17.2 Å². The molecule has 0 saturated carbocycles. The molecule has 3 atom stereocenters. The number of aliphatic hydroxyl groups is 1. The Kier molecular flexibility index (Phi) is 5.16. The highest BCUT2D eigenvalue weighted by Crippen LogP contribution is 2.31. The number of rotatable bonds is 5. The Balaban J connectivity index is 1.51. The van der Waals surface area contributed by atoms with E-state index in [2.05, 4.69) is 10.6 Å². The zero-order valence-corrected chi connectivity index (χ0v) is 14.3. The van der Waals surface area contributed by atoms with Crippen molar-refractivity contribution in [2.45, 2.75) is 44.4 Å². The number of fused-ring (bicyclic) bond motifs is 1. The molecule has 24 heavy (non-hydrogen) atoms. The molecule has 6 heteroatoms. The van der Waals surface area contributed by atoms with Crippen molar-refractivity contribution in [3.8, 4) is 0 Å². The summed E-state index contributed by atoms with van der Waals surface area (Å²) in [5, 5.41) is 17.9. The van der Waals surface area contributed by atoms with Crippen molar-refractivity contribution >= 4 is 17.4 Å². The fourth-order valence-corrected chi connectivity index (χ4v) is 3.88. The van der Waals surface area contributed by atoms with Gasteiger partial charge >= 0.3 is 6.03 Å². The van der Waals surface area contributed by atoms with Crippen LogP contribution in [0.1, 0.15) is 47.9 Å². The molecular formula is C18H21FN2O2S. The normalized spacial score (nSPS) is 18.7. The van der Waals surface area contributed by atoms with E-state index in [0.717, 1.165) is 28.8 Å². The fraction of sp³-hybridized carbons (Fsp3) is 0.389. The van der Waals surface area contributed by atoms with E-state index in [-0.39, 0.29) is 23.9 Å². The molecule has 3 unspecified atom stereocenters. The maximum absolute atomic E-state index is 13.2. The van der Waals surface area contributed by atoms with E-state index >= 15 is 0 Å². The summed E-state index contributed by atoms with van der Waals surface area (Å²) in [7, 11) is 0. The van der Waals surface area contributed by atoms with Gasteiger partial charge in [-0.1, -0.05) is 12.1 Å². The van der Waals surface area contributed by atoms with Crippen molar-refractivity contribution in [1.29, 1.82) is 0 Å². The maximum Gasteiger partial charge on any atom is 0.315 e. The first-order valence-electron chi connectivity index (χ1n) is 8.09. The second-order valence-corrected chi connectivity index (χ2v) is 7.20. The molecular weight excluding hydrogens is 327 g/mol. The number of hydrogen-bond donors (Lipinski definition) is 3. The van der Waals surface area contributed by atoms with Crippen LogP contribution in [0.25, 0.3) is 0 Å². The summed E-state index contributed by atoms with van der Waals surface area (Å²) in [4.78, 5) is 13.1. The van der Waals surface area contributed by atoms with Gasteiger partial charge in [0, 0.05) is 10.9 Å². The highest BCUT2D eigenvalue weighted by molar-refractivity contribution is 7.10. The summed E-state index contributed by atoms with van der Waals surface area (Å²) in [5.41, 5.74) is 1.94. The van der Waals surface area contributed by atoms with Crippen molar-refractivity contribution in [3.05, 3.63) is 57.5 Å². The largest absolute Gasteiger partial charge is 0.387 e. The molecule has 0 fully saturated rings. The molecule has 128 valence electrons. The predicted molar refractivity (Wildman–Crippen MR) is 92.5 cm³/mol. The maximum atomic E-state index is 13.2. The smallest absolute Gasteiger partial charge is 0.315 e. The van der Waals surface area contributed by atoms with E-state index in [1.807, 2.05) is 24.4 Å². The van der Waals surface area contributed by atoms with Crippen molar-refractivity contribution < 1.29 is 14.3 Å². The van der Waals surface area contributed by atoms with Gasteiger partial charge in [0.2, 0.25) is 0 Å². The molecule has 2 aromatic rings. The molecule has 0 bridgehead atoms. The summed E-state index contributed by atoms with van der Waals surface area (Å²) in [6, 6.07) is 7.98. The Morgan fingerprint density at radius 3 is 3.04 bits per heavy atom. The summed E-state index contributed by atoms with van der Waals surface area (Å²) < 4.78 is 13.2. The Labute approximate surface area is 144 Å². The molecule has 1 aromatic carbocycles. The van der Waals surface area contributed by atoms with Crippen LogP contribution in [-0.2, 0) is 6.42 Å². The second-order valence-electron chi connectivity index (χ2n) is 6.22. The number of halogens is 1. The van der Waals surface area contributed by atoms with Crippen LogP contribution in [0.15, 0.2) is 35.7 Å². The minimum atomic E-state index is -0.574. The Morgan fingerprint density at radius 2 is 2.29 bits per heavy atom. The van der Waals surface area contributed by atoms with Crippen LogP contribution in [0.2, 0.25) is 0 Å². The lowest BCUT2D eigenvalue weighted by Gasteiger charge is -2.20. The van der Waals surface area contributed by atoms with Gasteiger partial charge in [-0.3, -0.25) is 0 Å². The zero-order valence-electron chi connectivity index (χ0n) is 13.5. The van der Waals surface area contributed by atoms with Crippen molar-refractivity contribution in [3.63, 3.8) is 0 Å². The van der Waals surface area contributed by atoms with Crippen LogP contribution >= 0.6 is 11.3 Å². The van der Waals surface area contributed by atoms with Gasteiger partial charge in [0.05, 0.1) is 12.1 Å². The van der Waals surface area contributed by atoms with Crippen molar-refractivity contribution in [2.75, 3.05) is 0 Å².